The highest BCUT2D eigenvalue weighted by Gasteiger charge is 2.30. The molecule has 114 valence electrons. The second kappa shape index (κ2) is 6.43. The Bertz CT molecular complexity index is 375. The van der Waals surface area contributed by atoms with Crippen molar-refractivity contribution in [1.29, 1.82) is 0 Å². The van der Waals surface area contributed by atoms with Gasteiger partial charge in [-0.15, -0.1) is 0 Å². The summed E-state index contributed by atoms with van der Waals surface area (Å²) in [5, 5.41) is 8.80. The molecule has 0 spiro atoms. The molecule has 2 unspecified atom stereocenters. The average molecular weight is 283 g/mol. The molecule has 2 atom stereocenters. The highest BCUT2D eigenvalue weighted by molar-refractivity contribution is 5.74. The molecule has 2 heterocycles. The maximum atomic E-state index is 12.3. The lowest BCUT2D eigenvalue weighted by molar-refractivity contribution is -0.138. The summed E-state index contributed by atoms with van der Waals surface area (Å²) in [7, 11) is 3.96. The van der Waals surface area contributed by atoms with Gasteiger partial charge in [-0.05, 0) is 38.3 Å². The van der Waals surface area contributed by atoms with Gasteiger partial charge in [0.05, 0.1) is 0 Å². The smallest absolute Gasteiger partial charge is 0.319 e. The molecule has 0 bridgehead atoms. The van der Waals surface area contributed by atoms with Crippen molar-refractivity contribution in [2.75, 3.05) is 46.8 Å². The molecule has 20 heavy (non-hydrogen) atoms. The van der Waals surface area contributed by atoms with Crippen LogP contribution in [0.25, 0.3) is 0 Å². The van der Waals surface area contributed by atoms with E-state index in [1.54, 1.807) is 9.80 Å². The zero-order valence-electron chi connectivity index (χ0n) is 12.4. The topological polar surface area (TPSA) is 64.1 Å². The fourth-order valence-electron chi connectivity index (χ4n) is 3.30. The SMILES string of the molecule is CN1CCC(CN(C)C(=O)N2CCC(CC(=O)O)C2)C1. The van der Waals surface area contributed by atoms with E-state index in [0.29, 0.717) is 19.0 Å². The van der Waals surface area contributed by atoms with Crippen molar-refractivity contribution >= 4 is 12.0 Å². The third-order valence-electron chi connectivity index (χ3n) is 4.37. The third kappa shape index (κ3) is 3.85. The van der Waals surface area contributed by atoms with Crippen LogP contribution < -0.4 is 0 Å². The van der Waals surface area contributed by atoms with Crippen LogP contribution >= 0.6 is 0 Å². The summed E-state index contributed by atoms with van der Waals surface area (Å²) in [5.41, 5.74) is 0. The van der Waals surface area contributed by atoms with Gasteiger partial charge in [0.2, 0.25) is 0 Å². The van der Waals surface area contributed by atoms with E-state index >= 15 is 0 Å². The van der Waals surface area contributed by atoms with Crippen molar-refractivity contribution in [3.05, 3.63) is 0 Å². The summed E-state index contributed by atoms with van der Waals surface area (Å²) >= 11 is 0. The van der Waals surface area contributed by atoms with Crippen LogP contribution in [0.3, 0.4) is 0 Å². The largest absolute Gasteiger partial charge is 0.481 e. The van der Waals surface area contributed by atoms with E-state index in [1.165, 1.54) is 0 Å². The predicted octanol–water partition coefficient (Wildman–Crippen LogP) is 0.786. The molecule has 2 fully saturated rings. The lowest BCUT2D eigenvalue weighted by atomic mass is 10.1. The number of carbonyl (C=O) groups is 2. The molecular weight excluding hydrogens is 258 g/mol. The van der Waals surface area contributed by atoms with Gasteiger partial charge in [0.1, 0.15) is 0 Å². The molecule has 1 N–H and O–H groups in total. The minimum atomic E-state index is -0.772. The van der Waals surface area contributed by atoms with E-state index < -0.39 is 5.97 Å². The van der Waals surface area contributed by atoms with Gasteiger partial charge >= 0.3 is 12.0 Å². The number of carboxylic acids is 1. The molecule has 0 aromatic heterocycles. The molecule has 2 aliphatic rings. The van der Waals surface area contributed by atoms with Gasteiger partial charge in [-0.2, -0.15) is 0 Å². The van der Waals surface area contributed by atoms with Crippen LogP contribution in [0.5, 0.6) is 0 Å². The number of hydrogen-bond acceptors (Lipinski definition) is 3. The minimum absolute atomic E-state index is 0.0486. The van der Waals surface area contributed by atoms with Gasteiger partial charge in [-0.1, -0.05) is 0 Å². The number of aliphatic carboxylic acids is 1. The highest BCUT2D eigenvalue weighted by Crippen LogP contribution is 2.21. The van der Waals surface area contributed by atoms with E-state index in [2.05, 4.69) is 11.9 Å². The molecule has 0 aliphatic carbocycles. The predicted molar refractivity (Wildman–Crippen MR) is 75.6 cm³/mol. The van der Waals surface area contributed by atoms with Crippen LogP contribution in [0.1, 0.15) is 19.3 Å². The monoisotopic (exact) mass is 283 g/mol. The van der Waals surface area contributed by atoms with Crippen molar-refractivity contribution in [3.63, 3.8) is 0 Å². The number of amides is 2. The van der Waals surface area contributed by atoms with Crippen molar-refractivity contribution in [2.24, 2.45) is 11.8 Å². The molecule has 2 rings (SSSR count). The third-order valence-corrected chi connectivity index (χ3v) is 4.37. The fourth-order valence-corrected chi connectivity index (χ4v) is 3.30. The Balaban J connectivity index is 1.77. The van der Waals surface area contributed by atoms with Crippen LogP contribution in [0.2, 0.25) is 0 Å². The Hall–Kier alpha value is -1.30. The first-order chi connectivity index (χ1) is 9.45. The number of hydrogen-bond donors (Lipinski definition) is 1. The summed E-state index contributed by atoms with van der Waals surface area (Å²) in [5.74, 6) is -0.0968. The van der Waals surface area contributed by atoms with E-state index in [4.69, 9.17) is 5.11 Å². The van der Waals surface area contributed by atoms with Gasteiger partial charge in [0.15, 0.2) is 0 Å². The second-order valence-electron chi connectivity index (χ2n) is 6.28. The van der Waals surface area contributed by atoms with E-state index in [-0.39, 0.29) is 18.4 Å². The Morgan fingerprint density at radius 3 is 2.50 bits per heavy atom. The average Bonchev–Trinajstić information content (AvgIpc) is 2.97. The van der Waals surface area contributed by atoms with Gasteiger partial charge in [0.25, 0.3) is 0 Å². The first-order valence-corrected chi connectivity index (χ1v) is 7.36. The van der Waals surface area contributed by atoms with Crippen molar-refractivity contribution in [2.45, 2.75) is 19.3 Å². The summed E-state index contributed by atoms with van der Waals surface area (Å²) in [6.45, 7) is 4.23. The molecule has 0 aromatic carbocycles. The van der Waals surface area contributed by atoms with Gasteiger partial charge < -0.3 is 19.8 Å². The molecule has 6 heteroatoms. The zero-order chi connectivity index (χ0) is 14.7. The zero-order valence-corrected chi connectivity index (χ0v) is 12.4. The van der Waals surface area contributed by atoms with Gasteiger partial charge in [0, 0.05) is 39.6 Å². The Labute approximate surface area is 120 Å². The molecule has 2 amide bonds. The van der Waals surface area contributed by atoms with E-state index in [9.17, 15) is 9.59 Å². The fraction of sp³-hybridized carbons (Fsp3) is 0.857. The van der Waals surface area contributed by atoms with Crippen LogP contribution in [-0.4, -0.2) is 78.6 Å². The summed E-state index contributed by atoms with van der Waals surface area (Å²) in [6, 6.07) is 0.0486. The lowest BCUT2D eigenvalue weighted by Crippen LogP contribution is -2.42. The summed E-state index contributed by atoms with van der Waals surface area (Å²) < 4.78 is 0. The lowest BCUT2D eigenvalue weighted by Gasteiger charge is -2.26. The van der Waals surface area contributed by atoms with Gasteiger partial charge in [-0.25, -0.2) is 4.79 Å². The Morgan fingerprint density at radius 1 is 1.20 bits per heavy atom. The molecule has 0 radical (unpaired) electrons. The first kappa shape index (κ1) is 15.1. The van der Waals surface area contributed by atoms with Crippen molar-refractivity contribution in [3.8, 4) is 0 Å². The first-order valence-electron chi connectivity index (χ1n) is 7.36. The number of urea groups is 1. The van der Waals surface area contributed by atoms with Crippen LogP contribution in [0, 0.1) is 11.8 Å². The molecular formula is C14H25N3O3. The highest BCUT2D eigenvalue weighted by atomic mass is 16.4. The molecule has 2 aliphatic heterocycles. The minimum Gasteiger partial charge on any atom is -0.481 e. The Kier molecular flexibility index (Phi) is 4.86. The maximum Gasteiger partial charge on any atom is 0.319 e. The molecule has 6 nitrogen and oxygen atoms in total. The summed E-state index contributed by atoms with van der Waals surface area (Å²) in [6.07, 6.45) is 2.12. The van der Waals surface area contributed by atoms with Crippen LogP contribution in [0.4, 0.5) is 4.79 Å². The molecule has 0 aromatic rings. The number of rotatable bonds is 4. The van der Waals surface area contributed by atoms with Crippen LogP contribution in [-0.2, 0) is 4.79 Å². The van der Waals surface area contributed by atoms with E-state index in [0.717, 1.165) is 32.5 Å². The standard InChI is InChI=1S/C14H25N3O3/c1-15-5-3-12(8-15)9-16(2)14(20)17-6-4-11(10-17)7-13(18)19/h11-12H,3-10H2,1-2H3,(H,18,19). The number of carboxylic acid groups (broad SMARTS) is 1. The normalized spacial score (nSPS) is 27.0. The van der Waals surface area contributed by atoms with Crippen LogP contribution in [0.15, 0.2) is 0 Å². The Morgan fingerprint density at radius 2 is 1.90 bits per heavy atom. The number of nitrogens with zero attached hydrogens (tertiary/aromatic N) is 3. The van der Waals surface area contributed by atoms with E-state index in [1.807, 2.05) is 7.05 Å². The van der Waals surface area contributed by atoms with Crippen molar-refractivity contribution in [1.82, 2.24) is 14.7 Å². The van der Waals surface area contributed by atoms with Gasteiger partial charge in [-0.3, -0.25) is 4.79 Å². The second-order valence-corrected chi connectivity index (χ2v) is 6.28. The van der Waals surface area contributed by atoms with Crippen molar-refractivity contribution < 1.29 is 14.7 Å². The number of carbonyl (C=O) groups excluding carboxylic acids is 1. The number of likely N-dealkylation sites (tertiary alicyclic amines) is 2. The molecule has 2 saturated heterocycles. The molecule has 0 saturated carbocycles. The maximum absolute atomic E-state index is 12.3. The summed E-state index contributed by atoms with van der Waals surface area (Å²) in [4.78, 5) is 28.9. The quantitative estimate of drug-likeness (QED) is 0.828.